The zero-order valence-corrected chi connectivity index (χ0v) is 7.27. The number of hydrogen-bond acceptors (Lipinski definition) is 2. The van der Waals surface area contributed by atoms with Gasteiger partial charge in [0.15, 0.2) is 5.49 Å². The minimum atomic E-state index is -0.195. The van der Waals surface area contributed by atoms with E-state index in [2.05, 4.69) is 9.98 Å². The van der Waals surface area contributed by atoms with Crippen LogP contribution in [-0.4, -0.2) is 10.9 Å². The van der Waals surface area contributed by atoms with E-state index < -0.39 is 0 Å². The largest absolute Gasteiger partial charge is 0.279 e. The second kappa shape index (κ2) is 2.48. The van der Waals surface area contributed by atoms with Gasteiger partial charge < -0.3 is 0 Å². The number of carbonyl (C=O) groups excluding carboxylic acids is 1. The van der Waals surface area contributed by atoms with Gasteiger partial charge in [-0.1, -0.05) is 18.2 Å². The third kappa shape index (κ3) is 0.836. The van der Waals surface area contributed by atoms with Crippen LogP contribution in [0, 0.1) is 0 Å². The molecule has 0 bridgehead atoms. The molecule has 2 heterocycles. The van der Waals surface area contributed by atoms with E-state index in [9.17, 15) is 4.79 Å². The molecule has 1 aromatic rings. The summed E-state index contributed by atoms with van der Waals surface area (Å²) in [4.78, 5) is 19.4. The molecule has 66 valence electrons. The molecule has 0 spiro atoms. The van der Waals surface area contributed by atoms with Gasteiger partial charge in [-0.15, -0.1) is 0 Å². The van der Waals surface area contributed by atoms with Gasteiger partial charge >= 0.3 is 0 Å². The summed E-state index contributed by atoms with van der Waals surface area (Å²) in [6.07, 6.45) is 9.17. The number of rotatable bonds is 0. The zero-order chi connectivity index (χ0) is 9.54. The maximum absolute atomic E-state index is 11.5. The van der Waals surface area contributed by atoms with Gasteiger partial charge in [0, 0.05) is 11.4 Å². The van der Waals surface area contributed by atoms with Gasteiger partial charge in [0.05, 0.1) is 5.57 Å². The standard InChI is InChI=1S/C11H6N2O/c14-11-8-4-2-1-3-7-5-6-12-10(13-11)9(7)8/h1-6H. The van der Waals surface area contributed by atoms with Crippen molar-refractivity contribution in [2.24, 2.45) is 4.99 Å². The maximum atomic E-state index is 11.5. The van der Waals surface area contributed by atoms with Crippen molar-refractivity contribution in [2.45, 2.75) is 0 Å². The molecular weight excluding hydrogens is 176 g/mol. The molecule has 0 fully saturated rings. The molecule has 1 aliphatic heterocycles. The first-order valence-electron chi connectivity index (χ1n) is 4.33. The second-order valence-electron chi connectivity index (χ2n) is 3.15. The molecule has 3 heteroatoms. The summed E-state index contributed by atoms with van der Waals surface area (Å²) in [6.45, 7) is 0. The Labute approximate surface area is 79.8 Å². The van der Waals surface area contributed by atoms with Crippen LogP contribution < -0.4 is 10.7 Å². The molecular formula is C11H6N2O. The third-order valence-electron chi connectivity index (χ3n) is 2.32. The molecule has 0 radical (unpaired) electrons. The Bertz CT molecular complexity index is 609. The number of aromatic nitrogens is 1. The van der Waals surface area contributed by atoms with E-state index in [1.165, 1.54) is 0 Å². The molecule has 0 atom stereocenters. The van der Waals surface area contributed by atoms with Gasteiger partial charge in [0.25, 0.3) is 5.91 Å². The summed E-state index contributed by atoms with van der Waals surface area (Å²) in [6, 6.07) is 1.89. The van der Waals surface area contributed by atoms with Gasteiger partial charge in [0.1, 0.15) is 0 Å². The SMILES string of the molecule is O=C1N=c2nccc3c2=C1C=CC=C3. The number of allylic oxidation sites excluding steroid dienone is 2. The van der Waals surface area contributed by atoms with Crippen LogP contribution in [0.5, 0.6) is 0 Å². The predicted molar refractivity (Wildman–Crippen MR) is 51.6 cm³/mol. The lowest BCUT2D eigenvalue weighted by atomic mass is 10.1. The van der Waals surface area contributed by atoms with Crippen molar-refractivity contribution < 1.29 is 4.79 Å². The van der Waals surface area contributed by atoms with Crippen molar-refractivity contribution in [3.05, 3.63) is 46.8 Å². The molecule has 0 saturated heterocycles. The molecule has 0 aromatic carbocycles. The molecule has 14 heavy (non-hydrogen) atoms. The lowest BCUT2D eigenvalue weighted by molar-refractivity contribution is -0.112. The van der Waals surface area contributed by atoms with Crippen LogP contribution >= 0.6 is 0 Å². The van der Waals surface area contributed by atoms with Gasteiger partial charge in [-0.25, -0.2) is 4.98 Å². The van der Waals surface area contributed by atoms with E-state index in [1.807, 2.05) is 24.3 Å². The van der Waals surface area contributed by atoms with Crippen molar-refractivity contribution in [3.63, 3.8) is 0 Å². The minimum Gasteiger partial charge on any atom is -0.267 e. The summed E-state index contributed by atoms with van der Waals surface area (Å²) in [7, 11) is 0. The van der Waals surface area contributed by atoms with E-state index in [-0.39, 0.29) is 5.91 Å². The molecule has 1 amide bonds. The topological polar surface area (TPSA) is 42.3 Å². The van der Waals surface area contributed by atoms with Crippen LogP contribution in [0.25, 0.3) is 11.6 Å². The quantitative estimate of drug-likeness (QED) is 0.565. The Kier molecular flexibility index (Phi) is 1.31. The maximum Gasteiger partial charge on any atom is 0.279 e. The van der Waals surface area contributed by atoms with Gasteiger partial charge in [0.2, 0.25) is 0 Å². The van der Waals surface area contributed by atoms with E-state index in [4.69, 9.17) is 0 Å². The zero-order valence-electron chi connectivity index (χ0n) is 7.27. The van der Waals surface area contributed by atoms with Gasteiger partial charge in [-0.05, 0) is 17.7 Å². The summed E-state index contributed by atoms with van der Waals surface area (Å²) in [5.41, 5.74) is 2.19. The molecule has 3 rings (SSSR count). The van der Waals surface area contributed by atoms with Gasteiger partial charge in [-0.2, -0.15) is 4.99 Å². The first kappa shape index (κ1) is 7.38. The van der Waals surface area contributed by atoms with Crippen LogP contribution in [-0.2, 0) is 4.79 Å². The molecule has 2 aliphatic rings. The van der Waals surface area contributed by atoms with Crippen LogP contribution in [0.15, 0.2) is 35.5 Å². The Hall–Kier alpha value is -2.03. The highest BCUT2D eigenvalue weighted by atomic mass is 16.1. The number of hydrogen-bond donors (Lipinski definition) is 0. The molecule has 1 aromatic heterocycles. The Morgan fingerprint density at radius 2 is 2.00 bits per heavy atom. The monoisotopic (exact) mass is 182 g/mol. The fourth-order valence-corrected chi connectivity index (χ4v) is 1.69. The Morgan fingerprint density at radius 1 is 1.14 bits per heavy atom. The van der Waals surface area contributed by atoms with Gasteiger partial charge in [-0.3, -0.25) is 4.79 Å². The smallest absolute Gasteiger partial charge is 0.267 e. The summed E-state index contributed by atoms with van der Waals surface area (Å²) < 4.78 is 0. The third-order valence-corrected chi connectivity index (χ3v) is 2.32. The number of amides is 1. The van der Waals surface area contributed by atoms with E-state index in [0.717, 1.165) is 10.8 Å². The predicted octanol–water partition coefficient (Wildman–Crippen LogP) is -0.0249. The lowest BCUT2D eigenvalue weighted by Gasteiger charge is -1.91. The molecule has 0 N–H and O–H groups in total. The summed E-state index contributed by atoms with van der Waals surface area (Å²) in [5.74, 6) is -0.195. The van der Waals surface area contributed by atoms with Crippen LogP contribution in [0.4, 0.5) is 0 Å². The molecule has 0 saturated carbocycles. The van der Waals surface area contributed by atoms with Crippen molar-refractivity contribution >= 4 is 17.6 Å². The fourth-order valence-electron chi connectivity index (χ4n) is 1.69. The molecule has 0 unspecified atom stereocenters. The summed E-state index contributed by atoms with van der Waals surface area (Å²) in [5, 5.41) is 0.863. The number of nitrogens with zero attached hydrogens (tertiary/aromatic N) is 2. The highest BCUT2D eigenvalue weighted by Gasteiger charge is 2.16. The highest BCUT2D eigenvalue weighted by Crippen LogP contribution is 2.08. The van der Waals surface area contributed by atoms with Crippen LogP contribution in [0.3, 0.4) is 0 Å². The Morgan fingerprint density at radius 3 is 2.93 bits per heavy atom. The number of carbonyl (C=O) groups is 1. The Balaban J connectivity index is 2.61. The first-order valence-corrected chi connectivity index (χ1v) is 4.33. The molecule has 3 nitrogen and oxygen atoms in total. The fraction of sp³-hybridized carbons (Fsp3) is 0. The van der Waals surface area contributed by atoms with E-state index in [1.54, 1.807) is 12.3 Å². The van der Waals surface area contributed by atoms with E-state index >= 15 is 0 Å². The average molecular weight is 182 g/mol. The minimum absolute atomic E-state index is 0.195. The number of pyridine rings is 1. The average Bonchev–Trinajstić information content (AvgIpc) is 2.39. The van der Waals surface area contributed by atoms with Crippen LogP contribution in [0.2, 0.25) is 0 Å². The molecule has 1 aliphatic carbocycles. The van der Waals surface area contributed by atoms with E-state index in [0.29, 0.717) is 11.1 Å². The normalized spacial score (nSPS) is 16.6. The van der Waals surface area contributed by atoms with Crippen molar-refractivity contribution in [1.82, 2.24) is 4.98 Å². The first-order chi connectivity index (χ1) is 6.86. The summed E-state index contributed by atoms with van der Waals surface area (Å²) >= 11 is 0. The van der Waals surface area contributed by atoms with Crippen molar-refractivity contribution in [1.29, 1.82) is 0 Å². The lowest BCUT2D eigenvalue weighted by Crippen LogP contribution is -2.28. The second-order valence-corrected chi connectivity index (χ2v) is 3.15. The van der Waals surface area contributed by atoms with Crippen LogP contribution in [0.1, 0.15) is 5.56 Å². The highest BCUT2D eigenvalue weighted by molar-refractivity contribution is 6.19. The van der Waals surface area contributed by atoms with Crippen molar-refractivity contribution in [3.8, 4) is 0 Å². The van der Waals surface area contributed by atoms with Crippen molar-refractivity contribution in [2.75, 3.05) is 0 Å².